The highest BCUT2D eigenvalue weighted by molar-refractivity contribution is 6.86. The second-order valence-electron chi connectivity index (χ2n) is 3.54. The third-order valence-corrected chi connectivity index (χ3v) is 9.06. The van der Waals surface area contributed by atoms with Gasteiger partial charge in [-0.15, -0.1) is 6.58 Å². The molecule has 2 heteroatoms. The van der Waals surface area contributed by atoms with Gasteiger partial charge in [-0.1, -0.05) is 44.1 Å². The van der Waals surface area contributed by atoms with Gasteiger partial charge in [0.2, 0.25) is 0 Å². The summed E-state index contributed by atoms with van der Waals surface area (Å²) in [5.41, 5.74) is 0. The first kappa shape index (κ1) is 11.9. The quantitative estimate of drug-likeness (QED) is 0.655. The van der Waals surface area contributed by atoms with Gasteiger partial charge in [0.05, 0.1) is 14.2 Å². The zero-order valence-electron chi connectivity index (χ0n) is 8.85. The normalized spacial score (nSPS) is 14.4. The first-order valence-electron chi connectivity index (χ1n) is 4.91. The van der Waals surface area contributed by atoms with E-state index in [9.17, 15) is 5.11 Å². The summed E-state index contributed by atoms with van der Waals surface area (Å²) in [4.78, 5) is 0. The van der Waals surface area contributed by atoms with Crippen LogP contribution in [0.5, 0.6) is 0 Å². The Morgan fingerprint density at radius 1 is 1.25 bits per heavy atom. The minimum absolute atomic E-state index is 0.309. The first-order chi connectivity index (χ1) is 5.54. The maximum atomic E-state index is 9.49. The molecule has 72 valence electrons. The van der Waals surface area contributed by atoms with Gasteiger partial charge < -0.3 is 5.11 Å². The van der Waals surface area contributed by atoms with E-state index in [-0.39, 0.29) is 6.10 Å². The highest BCUT2D eigenvalue weighted by Crippen LogP contribution is 2.29. The average Bonchev–Trinajstić information content (AvgIpc) is 2.08. The lowest BCUT2D eigenvalue weighted by Crippen LogP contribution is -2.38. The molecule has 0 aromatic rings. The van der Waals surface area contributed by atoms with E-state index in [1.54, 1.807) is 0 Å². The van der Waals surface area contributed by atoms with Gasteiger partial charge in [0.25, 0.3) is 0 Å². The molecule has 0 aliphatic rings. The van der Waals surface area contributed by atoms with Crippen molar-refractivity contribution in [3.63, 3.8) is 0 Å². The van der Waals surface area contributed by atoms with Crippen LogP contribution < -0.4 is 0 Å². The van der Waals surface area contributed by atoms with Crippen molar-refractivity contribution in [2.24, 2.45) is 0 Å². The largest absolute Gasteiger partial charge is 0.389 e. The summed E-state index contributed by atoms with van der Waals surface area (Å²) < 4.78 is 0. The van der Waals surface area contributed by atoms with Crippen LogP contribution in [0.4, 0.5) is 0 Å². The van der Waals surface area contributed by atoms with E-state index in [0.717, 1.165) is 5.20 Å². The number of rotatable bonds is 5. The van der Waals surface area contributed by atoms with Crippen LogP contribution in [0.3, 0.4) is 0 Å². The van der Waals surface area contributed by atoms with Crippen LogP contribution >= 0.6 is 0 Å². The van der Waals surface area contributed by atoms with Crippen molar-refractivity contribution in [2.75, 3.05) is 0 Å². The Hall–Kier alpha value is -0.0831. The summed E-state index contributed by atoms with van der Waals surface area (Å²) in [5.74, 6) is 0. The van der Waals surface area contributed by atoms with E-state index in [0.29, 0.717) is 0 Å². The highest BCUT2D eigenvalue weighted by atomic mass is 28.3. The molecule has 0 aromatic heterocycles. The Bertz CT molecular complexity index is 140. The smallest absolute Gasteiger partial charge is 0.0833 e. The van der Waals surface area contributed by atoms with Gasteiger partial charge in [0.15, 0.2) is 0 Å². The van der Waals surface area contributed by atoms with Crippen molar-refractivity contribution in [3.05, 3.63) is 11.8 Å². The van der Waals surface area contributed by atoms with Crippen LogP contribution in [0.15, 0.2) is 11.8 Å². The maximum Gasteiger partial charge on any atom is 0.0833 e. The lowest BCUT2D eigenvalue weighted by atomic mass is 10.4. The monoisotopic (exact) mass is 186 g/mol. The van der Waals surface area contributed by atoms with E-state index in [2.05, 4.69) is 27.4 Å². The summed E-state index contributed by atoms with van der Waals surface area (Å²) in [6.07, 6.45) is -0.309. The molecule has 0 heterocycles. The summed E-state index contributed by atoms with van der Waals surface area (Å²) in [6.45, 7) is 12.6. The van der Waals surface area contributed by atoms with E-state index in [4.69, 9.17) is 0 Å². The van der Waals surface area contributed by atoms with Crippen molar-refractivity contribution in [1.29, 1.82) is 0 Å². The molecule has 0 fully saturated rings. The van der Waals surface area contributed by atoms with Gasteiger partial charge in [0, 0.05) is 0 Å². The van der Waals surface area contributed by atoms with Crippen molar-refractivity contribution in [3.8, 4) is 0 Å². The van der Waals surface area contributed by atoms with Gasteiger partial charge in [0.1, 0.15) is 0 Å². The minimum atomic E-state index is -1.33. The van der Waals surface area contributed by atoms with Crippen molar-refractivity contribution >= 4 is 8.07 Å². The number of aliphatic hydroxyl groups excluding tert-OH is 1. The maximum absolute atomic E-state index is 9.49. The molecule has 0 amide bonds. The van der Waals surface area contributed by atoms with E-state index in [1.807, 2.05) is 6.92 Å². The molecular formula is C10H22OSi. The SMILES string of the molecule is C=C(C(C)O)[Si](CC)(CC)CC. The Morgan fingerprint density at radius 3 is 1.67 bits per heavy atom. The van der Waals surface area contributed by atoms with Gasteiger partial charge in [-0.3, -0.25) is 0 Å². The summed E-state index contributed by atoms with van der Waals surface area (Å²) in [7, 11) is -1.33. The first-order valence-corrected chi connectivity index (χ1v) is 7.53. The third-order valence-electron chi connectivity index (χ3n) is 3.22. The molecule has 0 aliphatic heterocycles. The van der Waals surface area contributed by atoms with Gasteiger partial charge in [-0.05, 0) is 6.92 Å². The fourth-order valence-electron chi connectivity index (χ4n) is 1.87. The third kappa shape index (κ3) is 2.20. The highest BCUT2D eigenvalue weighted by Gasteiger charge is 2.31. The Labute approximate surface area is 77.5 Å². The second kappa shape index (κ2) is 4.82. The number of hydrogen-bond acceptors (Lipinski definition) is 1. The lowest BCUT2D eigenvalue weighted by molar-refractivity contribution is 0.238. The fraction of sp³-hybridized carbons (Fsp3) is 0.800. The molecule has 0 spiro atoms. The van der Waals surface area contributed by atoms with E-state index in [1.165, 1.54) is 18.1 Å². The molecule has 0 radical (unpaired) electrons. The fourth-order valence-corrected chi connectivity index (χ4v) is 5.62. The van der Waals surface area contributed by atoms with Crippen molar-refractivity contribution in [2.45, 2.75) is 51.9 Å². The van der Waals surface area contributed by atoms with Crippen LogP contribution in [-0.2, 0) is 0 Å². The van der Waals surface area contributed by atoms with Crippen LogP contribution in [0.1, 0.15) is 27.7 Å². The molecule has 0 bridgehead atoms. The molecule has 0 rings (SSSR count). The van der Waals surface area contributed by atoms with Crippen LogP contribution in [0.2, 0.25) is 18.1 Å². The molecule has 1 atom stereocenters. The van der Waals surface area contributed by atoms with Crippen molar-refractivity contribution < 1.29 is 5.11 Å². The topological polar surface area (TPSA) is 20.2 Å². The molecule has 0 aliphatic carbocycles. The van der Waals surface area contributed by atoms with Crippen LogP contribution in [0.25, 0.3) is 0 Å². The van der Waals surface area contributed by atoms with Gasteiger partial charge in [-0.25, -0.2) is 0 Å². The Balaban J connectivity index is 4.59. The summed E-state index contributed by atoms with van der Waals surface area (Å²) >= 11 is 0. The zero-order chi connectivity index (χ0) is 9.78. The lowest BCUT2D eigenvalue weighted by Gasteiger charge is -2.32. The number of hydrogen-bond donors (Lipinski definition) is 1. The minimum Gasteiger partial charge on any atom is -0.389 e. The summed E-state index contributed by atoms with van der Waals surface area (Å²) in [5, 5.41) is 10.6. The Kier molecular flexibility index (Phi) is 4.79. The number of aliphatic hydroxyl groups is 1. The van der Waals surface area contributed by atoms with E-state index >= 15 is 0 Å². The predicted molar refractivity (Wildman–Crippen MR) is 58.0 cm³/mol. The van der Waals surface area contributed by atoms with E-state index < -0.39 is 8.07 Å². The molecule has 0 aromatic carbocycles. The van der Waals surface area contributed by atoms with Gasteiger partial charge in [-0.2, -0.15) is 0 Å². The van der Waals surface area contributed by atoms with Crippen LogP contribution in [0, 0.1) is 0 Å². The molecule has 12 heavy (non-hydrogen) atoms. The zero-order valence-corrected chi connectivity index (χ0v) is 9.85. The molecule has 0 saturated carbocycles. The average molecular weight is 186 g/mol. The molecule has 1 nitrogen and oxygen atoms in total. The van der Waals surface area contributed by atoms with Gasteiger partial charge >= 0.3 is 0 Å². The predicted octanol–water partition coefficient (Wildman–Crippen LogP) is 2.97. The Morgan fingerprint density at radius 2 is 1.58 bits per heavy atom. The molecule has 1 unspecified atom stereocenters. The molecular weight excluding hydrogens is 164 g/mol. The van der Waals surface area contributed by atoms with Crippen LogP contribution in [-0.4, -0.2) is 19.3 Å². The summed E-state index contributed by atoms with van der Waals surface area (Å²) in [6, 6.07) is 3.64. The molecule has 0 saturated heterocycles. The molecule has 1 N–H and O–H groups in total. The van der Waals surface area contributed by atoms with Crippen molar-refractivity contribution in [1.82, 2.24) is 0 Å². The standard InChI is InChI=1S/C10H22OSi/c1-6-12(7-2,8-3)10(5)9(4)11/h9,11H,5-8H2,1-4H3. The second-order valence-corrected chi connectivity index (χ2v) is 8.87.